The van der Waals surface area contributed by atoms with Gasteiger partial charge in [0.05, 0.1) is 6.20 Å². The van der Waals surface area contributed by atoms with E-state index in [0.717, 1.165) is 49.9 Å². The molecule has 1 aromatic heterocycles. The molecule has 6 nitrogen and oxygen atoms in total. The molecule has 0 amide bonds. The van der Waals surface area contributed by atoms with E-state index in [1.807, 2.05) is 13.0 Å². The SMILES string of the molecule is CCNC(=NCc1ncc(C(C)(C)C)o1)NC1CCCN(c2cccc(F)c2)C1.I. The number of hydrogen-bond donors (Lipinski definition) is 2. The lowest BCUT2D eigenvalue weighted by Gasteiger charge is -2.35. The van der Waals surface area contributed by atoms with Crippen molar-refractivity contribution in [3.63, 3.8) is 0 Å². The largest absolute Gasteiger partial charge is 0.443 e. The molecule has 1 unspecified atom stereocenters. The number of benzene rings is 1. The first-order valence-corrected chi connectivity index (χ1v) is 10.4. The second-order valence-corrected chi connectivity index (χ2v) is 8.47. The van der Waals surface area contributed by atoms with Crippen molar-refractivity contribution in [2.45, 2.75) is 58.5 Å². The first-order valence-electron chi connectivity index (χ1n) is 10.4. The summed E-state index contributed by atoms with van der Waals surface area (Å²) in [6.07, 6.45) is 3.87. The van der Waals surface area contributed by atoms with Gasteiger partial charge >= 0.3 is 0 Å². The molecule has 1 saturated heterocycles. The van der Waals surface area contributed by atoms with Crippen LogP contribution in [0.1, 0.15) is 52.2 Å². The smallest absolute Gasteiger partial charge is 0.216 e. The third-order valence-electron chi connectivity index (χ3n) is 4.94. The summed E-state index contributed by atoms with van der Waals surface area (Å²) in [6, 6.07) is 7.03. The van der Waals surface area contributed by atoms with Crippen LogP contribution in [0.5, 0.6) is 0 Å². The molecule has 0 saturated carbocycles. The second kappa shape index (κ2) is 11.0. The van der Waals surface area contributed by atoms with Crippen LogP contribution < -0.4 is 15.5 Å². The quantitative estimate of drug-likeness (QED) is 0.341. The fourth-order valence-corrected chi connectivity index (χ4v) is 3.39. The topological polar surface area (TPSA) is 65.7 Å². The number of hydrogen-bond acceptors (Lipinski definition) is 4. The number of aromatic nitrogens is 1. The lowest BCUT2D eigenvalue weighted by atomic mass is 9.94. The molecule has 30 heavy (non-hydrogen) atoms. The highest BCUT2D eigenvalue weighted by atomic mass is 127. The van der Waals surface area contributed by atoms with E-state index in [1.165, 1.54) is 6.07 Å². The van der Waals surface area contributed by atoms with Crippen molar-refractivity contribution in [3.05, 3.63) is 47.9 Å². The van der Waals surface area contributed by atoms with E-state index in [1.54, 1.807) is 18.3 Å². The van der Waals surface area contributed by atoms with Crippen molar-refractivity contribution in [2.24, 2.45) is 4.99 Å². The predicted molar refractivity (Wildman–Crippen MR) is 130 cm³/mol. The molecule has 1 atom stereocenters. The number of nitrogens with one attached hydrogen (secondary N) is 2. The van der Waals surface area contributed by atoms with Crippen LogP contribution in [0.2, 0.25) is 0 Å². The summed E-state index contributed by atoms with van der Waals surface area (Å²) in [4.78, 5) is 11.2. The van der Waals surface area contributed by atoms with Gasteiger partial charge in [-0.05, 0) is 38.0 Å². The molecular weight excluding hydrogens is 496 g/mol. The fraction of sp³-hybridized carbons (Fsp3) is 0.545. The minimum absolute atomic E-state index is 0. The monoisotopic (exact) mass is 529 g/mol. The van der Waals surface area contributed by atoms with Crippen LogP contribution in [0.25, 0.3) is 0 Å². The number of nitrogens with zero attached hydrogens (tertiary/aromatic N) is 3. The van der Waals surface area contributed by atoms with Crippen molar-refractivity contribution in [2.75, 3.05) is 24.5 Å². The Hall–Kier alpha value is -1.84. The standard InChI is InChI=1S/C22H32FN5O.HI/c1-5-24-21(26-14-20-25-13-19(29-20)22(2,3)4)27-17-9-7-11-28(15-17)18-10-6-8-16(23)12-18;/h6,8,10,12-13,17H,5,7,9,11,14-15H2,1-4H3,(H2,24,26,27);1H. The van der Waals surface area contributed by atoms with E-state index in [-0.39, 0.29) is 41.3 Å². The predicted octanol–water partition coefficient (Wildman–Crippen LogP) is 4.45. The molecule has 1 aliphatic heterocycles. The van der Waals surface area contributed by atoms with Crippen molar-refractivity contribution in [1.29, 1.82) is 0 Å². The van der Waals surface area contributed by atoms with E-state index in [2.05, 4.69) is 46.3 Å². The van der Waals surface area contributed by atoms with Gasteiger partial charge in [0.2, 0.25) is 5.89 Å². The average molecular weight is 529 g/mol. The minimum atomic E-state index is -0.201. The van der Waals surface area contributed by atoms with E-state index < -0.39 is 0 Å². The first-order chi connectivity index (χ1) is 13.8. The molecule has 1 aromatic carbocycles. The number of rotatable bonds is 5. The van der Waals surface area contributed by atoms with Gasteiger partial charge in [0.15, 0.2) is 5.96 Å². The number of aliphatic imine (C=N–C) groups is 1. The number of guanidine groups is 1. The highest BCUT2D eigenvalue weighted by Gasteiger charge is 2.22. The van der Waals surface area contributed by atoms with Crippen LogP contribution >= 0.6 is 24.0 Å². The maximum atomic E-state index is 13.6. The molecule has 1 fully saturated rings. The number of halogens is 2. The summed E-state index contributed by atoms with van der Waals surface area (Å²) < 4.78 is 19.4. The normalized spacial score (nSPS) is 17.4. The fourth-order valence-electron chi connectivity index (χ4n) is 3.39. The molecule has 0 bridgehead atoms. The van der Waals surface area contributed by atoms with Crippen LogP contribution in [0.3, 0.4) is 0 Å². The zero-order valence-corrected chi connectivity index (χ0v) is 20.6. The van der Waals surface area contributed by atoms with Gasteiger partial charge in [0, 0.05) is 36.8 Å². The first kappa shape index (κ1) is 24.4. The molecule has 2 aromatic rings. The molecule has 0 spiro atoms. The summed E-state index contributed by atoms with van der Waals surface area (Å²) in [5, 5.41) is 6.80. The van der Waals surface area contributed by atoms with Gasteiger partial charge in [0.25, 0.3) is 0 Å². The molecule has 2 N–H and O–H groups in total. The van der Waals surface area contributed by atoms with Gasteiger partial charge in [-0.15, -0.1) is 24.0 Å². The van der Waals surface area contributed by atoms with E-state index in [0.29, 0.717) is 12.4 Å². The third-order valence-corrected chi connectivity index (χ3v) is 4.94. The Kier molecular flexibility index (Phi) is 8.93. The number of oxazole rings is 1. The van der Waals surface area contributed by atoms with Gasteiger partial charge in [-0.2, -0.15) is 0 Å². The highest BCUT2D eigenvalue weighted by Crippen LogP contribution is 2.23. The van der Waals surface area contributed by atoms with Gasteiger partial charge in [0.1, 0.15) is 18.1 Å². The Labute approximate surface area is 195 Å². The Morgan fingerprint density at radius 3 is 2.83 bits per heavy atom. The second-order valence-electron chi connectivity index (χ2n) is 8.47. The molecule has 0 aliphatic carbocycles. The minimum Gasteiger partial charge on any atom is -0.443 e. The molecule has 1 aliphatic rings. The summed E-state index contributed by atoms with van der Waals surface area (Å²) in [5.74, 6) is 2.01. The molecule has 0 radical (unpaired) electrons. The third kappa shape index (κ3) is 6.85. The summed E-state index contributed by atoms with van der Waals surface area (Å²) in [5.41, 5.74) is 0.855. The van der Waals surface area contributed by atoms with E-state index in [9.17, 15) is 4.39 Å². The van der Waals surface area contributed by atoms with Crippen molar-refractivity contribution in [3.8, 4) is 0 Å². The van der Waals surface area contributed by atoms with Crippen molar-refractivity contribution in [1.82, 2.24) is 15.6 Å². The summed E-state index contributed by atoms with van der Waals surface area (Å²) in [6.45, 7) is 11.2. The van der Waals surface area contributed by atoms with Crippen molar-refractivity contribution >= 4 is 35.6 Å². The van der Waals surface area contributed by atoms with Crippen LogP contribution in [-0.2, 0) is 12.0 Å². The van der Waals surface area contributed by atoms with Crippen LogP contribution in [0.15, 0.2) is 39.9 Å². The molecule has 2 heterocycles. The van der Waals surface area contributed by atoms with Crippen LogP contribution in [0.4, 0.5) is 10.1 Å². The zero-order valence-electron chi connectivity index (χ0n) is 18.2. The maximum Gasteiger partial charge on any atom is 0.216 e. The van der Waals surface area contributed by atoms with E-state index in [4.69, 9.17) is 4.42 Å². The Morgan fingerprint density at radius 1 is 1.37 bits per heavy atom. The van der Waals surface area contributed by atoms with Gasteiger partial charge in [-0.1, -0.05) is 26.8 Å². The van der Waals surface area contributed by atoms with Gasteiger partial charge in [-0.25, -0.2) is 14.4 Å². The highest BCUT2D eigenvalue weighted by molar-refractivity contribution is 14.0. The summed E-state index contributed by atoms with van der Waals surface area (Å²) in [7, 11) is 0. The summed E-state index contributed by atoms with van der Waals surface area (Å²) >= 11 is 0. The van der Waals surface area contributed by atoms with Gasteiger partial charge in [-0.3, -0.25) is 0 Å². The average Bonchev–Trinajstić information content (AvgIpc) is 3.16. The van der Waals surface area contributed by atoms with Crippen molar-refractivity contribution < 1.29 is 8.81 Å². The Balaban J connectivity index is 0.00000320. The number of anilines is 1. The molecular formula is C22H33FIN5O. The maximum absolute atomic E-state index is 13.6. The number of piperidine rings is 1. The lowest BCUT2D eigenvalue weighted by Crippen LogP contribution is -2.51. The van der Waals surface area contributed by atoms with Crippen LogP contribution in [-0.4, -0.2) is 36.6 Å². The van der Waals surface area contributed by atoms with Gasteiger partial charge < -0.3 is 20.0 Å². The zero-order chi connectivity index (χ0) is 20.9. The molecule has 3 rings (SSSR count). The Bertz CT molecular complexity index is 833. The lowest BCUT2D eigenvalue weighted by molar-refractivity contribution is 0.383. The Morgan fingerprint density at radius 2 is 2.17 bits per heavy atom. The molecule has 166 valence electrons. The van der Waals surface area contributed by atoms with Crippen LogP contribution in [0, 0.1) is 5.82 Å². The van der Waals surface area contributed by atoms with E-state index >= 15 is 0 Å². The molecule has 8 heteroatoms.